The normalized spacial score (nSPS) is 13.6. The third-order valence-electron chi connectivity index (χ3n) is 7.73. The number of para-hydroxylation sites is 2. The molecule has 10 nitrogen and oxygen atoms in total. The van der Waals surface area contributed by atoms with Crippen molar-refractivity contribution in [3.8, 4) is 23.0 Å². The first-order valence-corrected chi connectivity index (χ1v) is 14.5. The van der Waals surface area contributed by atoms with Gasteiger partial charge in [-0.3, -0.25) is 10.1 Å². The highest BCUT2D eigenvalue weighted by atomic mass is 19.4. The zero-order chi connectivity index (χ0) is 35.5. The van der Waals surface area contributed by atoms with E-state index in [2.05, 4.69) is 0 Å². The summed E-state index contributed by atoms with van der Waals surface area (Å²) in [5, 5.41) is 21.6. The monoisotopic (exact) mass is 691 g/mol. The number of nitro benzene ring substituents is 1. The number of nitro groups is 1. The number of halogens is 6. The Morgan fingerprint density at radius 1 is 0.837 bits per heavy atom. The molecule has 1 N–H and O–H groups in total. The number of carboxylic acid groups (broad SMARTS) is 1. The molecule has 49 heavy (non-hydrogen) atoms. The first kappa shape index (κ1) is 34.7. The fourth-order valence-electron chi connectivity index (χ4n) is 5.33. The molecule has 1 fully saturated rings. The van der Waals surface area contributed by atoms with Crippen molar-refractivity contribution >= 4 is 23.0 Å². The Bertz CT molecular complexity index is 1860. The maximum Gasteiger partial charge on any atom is 0.420 e. The summed E-state index contributed by atoms with van der Waals surface area (Å²) in [5.74, 6) is -2.17. The van der Waals surface area contributed by atoms with Crippen LogP contribution in [0.5, 0.6) is 23.0 Å². The van der Waals surface area contributed by atoms with Gasteiger partial charge in [0.1, 0.15) is 34.9 Å². The molecule has 4 aromatic carbocycles. The van der Waals surface area contributed by atoms with Crippen molar-refractivity contribution < 1.29 is 55.4 Å². The second-order valence-electron chi connectivity index (χ2n) is 10.8. The molecule has 1 aliphatic heterocycles. The van der Waals surface area contributed by atoms with Crippen molar-refractivity contribution in [2.75, 3.05) is 43.1 Å². The van der Waals surface area contributed by atoms with Gasteiger partial charge in [0, 0.05) is 49.6 Å². The van der Waals surface area contributed by atoms with Crippen LogP contribution in [0.25, 0.3) is 0 Å². The largest absolute Gasteiger partial charge is 0.493 e. The first-order chi connectivity index (χ1) is 23.2. The van der Waals surface area contributed by atoms with Gasteiger partial charge in [-0.15, -0.1) is 0 Å². The number of alkyl halides is 6. The topological polar surface area (TPSA) is 115 Å². The number of carbonyl (C=O) groups is 1. The Morgan fingerprint density at radius 3 is 2.12 bits per heavy atom. The van der Waals surface area contributed by atoms with Crippen molar-refractivity contribution in [3.05, 3.63) is 111 Å². The molecule has 0 bridgehead atoms. The number of piperazine rings is 1. The summed E-state index contributed by atoms with van der Waals surface area (Å²) in [6.45, 7) is -0.0297. The average molecular weight is 692 g/mol. The maximum absolute atomic E-state index is 14.3. The zero-order valence-electron chi connectivity index (χ0n) is 25.5. The van der Waals surface area contributed by atoms with Crippen LogP contribution in [0.4, 0.5) is 43.4 Å². The van der Waals surface area contributed by atoms with Crippen LogP contribution in [0, 0.1) is 10.1 Å². The second kappa shape index (κ2) is 13.8. The van der Waals surface area contributed by atoms with Gasteiger partial charge in [-0.1, -0.05) is 30.3 Å². The Hall–Kier alpha value is -5.67. The van der Waals surface area contributed by atoms with Crippen LogP contribution >= 0.6 is 0 Å². The molecule has 0 aliphatic carbocycles. The van der Waals surface area contributed by atoms with Crippen molar-refractivity contribution in [2.45, 2.75) is 19.0 Å². The Balaban J connectivity index is 1.45. The predicted molar refractivity (Wildman–Crippen MR) is 165 cm³/mol. The van der Waals surface area contributed by atoms with E-state index in [4.69, 9.17) is 14.2 Å². The number of hydrogen-bond acceptors (Lipinski definition) is 8. The molecular weight excluding hydrogens is 664 g/mol. The van der Waals surface area contributed by atoms with Gasteiger partial charge in [0.25, 0.3) is 5.69 Å². The van der Waals surface area contributed by atoms with Crippen molar-refractivity contribution in [2.24, 2.45) is 0 Å². The zero-order valence-corrected chi connectivity index (χ0v) is 25.5. The van der Waals surface area contributed by atoms with Gasteiger partial charge in [0.15, 0.2) is 11.5 Å². The number of benzene rings is 4. The van der Waals surface area contributed by atoms with E-state index >= 15 is 0 Å². The molecule has 0 saturated carbocycles. The van der Waals surface area contributed by atoms with Gasteiger partial charge in [-0.2, -0.15) is 26.3 Å². The van der Waals surface area contributed by atoms with Crippen LogP contribution in [-0.4, -0.2) is 49.3 Å². The number of anilines is 2. The van der Waals surface area contributed by atoms with Crippen molar-refractivity contribution in [3.63, 3.8) is 0 Å². The number of methoxy groups -OCH3 is 1. The summed E-state index contributed by atoms with van der Waals surface area (Å²) in [6.07, 6.45) is -9.63. The van der Waals surface area contributed by atoms with E-state index in [1.165, 1.54) is 60.5 Å². The number of nitrogens with zero attached hydrogens (tertiary/aromatic N) is 3. The second-order valence-corrected chi connectivity index (χ2v) is 10.8. The lowest BCUT2D eigenvalue weighted by atomic mass is 10.1. The molecule has 5 rings (SSSR count). The molecule has 16 heteroatoms. The molecule has 0 atom stereocenters. The first-order valence-electron chi connectivity index (χ1n) is 14.5. The Labute approximate surface area is 274 Å². The molecule has 1 heterocycles. The number of aromatic carboxylic acids is 1. The van der Waals surface area contributed by atoms with Crippen LogP contribution in [0.2, 0.25) is 0 Å². The smallest absolute Gasteiger partial charge is 0.420 e. The minimum absolute atomic E-state index is 0.0388. The van der Waals surface area contributed by atoms with Gasteiger partial charge in [-0.05, 0) is 36.4 Å². The molecule has 4 aromatic rings. The van der Waals surface area contributed by atoms with Gasteiger partial charge < -0.3 is 29.1 Å². The van der Waals surface area contributed by atoms with E-state index in [0.717, 1.165) is 18.2 Å². The van der Waals surface area contributed by atoms with Crippen LogP contribution in [0.3, 0.4) is 0 Å². The molecule has 0 aromatic heterocycles. The molecule has 0 spiro atoms. The molecule has 1 saturated heterocycles. The van der Waals surface area contributed by atoms with E-state index in [1.807, 2.05) is 0 Å². The summed E-state index contributed by atoms with van der Waals surface area (Å²) < 4.78 is 99.4. The quantitative estimate of drug-likeness (QED) is 0.100. The number of rotatable bonds is 10. The fourth-order valence-corrected chi connectivity index (χ4v) is 5.33. The molecule has 258 valence electrons. The van der Waals surface area contributed by atoms with Gasteiger partial charge in [0.05, 0.1) is 17.6 Å². The highest BCUT2D eigenvalue weighted by molar-refractivity contribution is 5.92. The van der Waals surface area contributed by atoms with Gasteiger partial charge in [-0.25, -0.2) is 4.79 Å². The predicted octanol–water partition coefficient (Wildman–Crippen LogP) is 8.04. The lowest BCUT2D eigenvalue weighted by Crippen LogP contribution is -2.46. The van der Waals surface area contributed by atoms with Crippen LogP contribution < -0.4 is 24.0 Å². The van der Waals surface area contributed by atoms with Crippen LogP contribution in [-0.2, 0) is 19.0 Å². The summed E-state index contributed by atoms with van der Waals surface area (Å²) in [4.78, 5) is 25.9. The van der Waals surface area contributed by atoms with Crippen molar-refractivity contribution in [1.82, 2.24) is 0 Å². The Kier molecular flexibility index (Phi) is 9.78. The molecular formula is C33H27F6N3O7. The number of carboxylic acids is 1. The van der Waals surface area contributed by atoms with E-state index in [0.29, 0.717) is 6.07 Å². The SMILES string of the molecule is COc1cccc(C(=O)O)c1OCc1ccccc1Oc1cc(N2CCN(c3cccc(C(F)(F)F)c3)CC2)c([N+](=O)[O-])cc1C(F)(F)F. The van der Waals surface area contributed by atoms with E-state index in [9.17, 15) is 46.4 Å². The summed E-state index contributed by atoms with van der Waals surface area (Å²) in [7, 11) is 1.31. The lowest BCUT2D eigenvalue weighted by Gasteiger charge is -2.37. The van der Waals surface area contributed by atoms with Crippen molar-refractivity contribution in [1.29, 1.82) is 0 Å². The number of hydrogen-bond donors (Lipinski definition) is 1. The van der Waals surface area contributed by atoms with Crippen LogP contribution in [0.1, 0.15) is 27.0 Å². The summed E-state index contributed by atoms with van der Waals surface area (Å²) in [5.41, 5.74) is -2.99. The third kappa shape index (κ3) is 7.74. The molecule has 1 aliphatic rings. The average Bonchev–Trinajstić information content (AvgIpc) is 3.06. The Morgan fingerprint density at radius 2 is 1.49 bits per heavy atom. The lowest BCUT2D eigenvalue weighted by molar-refractivity contribution is -0.384. The highest BCUT2D eigenvalue weighted by Gasteiger charge is 2.39. The van der Waals surface area contributed by atoms with E-state index < -0.39 is 45.8 Å². The van der Waals surface area contributed by atoms with Gasteiger partial charge >= 0.3 is 18.3 Å². The highest BCUT2D eigenvalue weighted by Crippen LogP contribution is 2.45. The summed E-state index contributed by atoms with van der Waals surface area (Å²) in [6, 6.07) is 16.1. The van der Waals surface area contributed by atoms with Crippen LogP contribution in [0.15, 0.2) is 78.9 Å². The van der Waals surface area contributed by atoms with Gasteiger partial charge in [0.2, 0.25) is 0 Å². The minimum Gasteiger partial charge on any atom is -0.493 e. The molecule has 0 radical (unpaired) electrons. The minimum atomic E-state index is -5.07. The standard InChI is InChI=1S/C33H27F6N3O7/c1-47-28-11-5-9-23(31(43)44)30(28)48-19-20-6-2-3-10-27(20)49-29-18-25(26(42(45)46)17-24(29)33(37,38)39)41-14-12-40(13-15-41)22-8-4-7-21(16-22)32(34,35)36/h2-11,16-18H,12-15,19H2,1H3,(H,43,44). The summed E-state index contributed by atoms with van der Waals surface area (Å²) >= 11 is 0. The van der Waals surface area contributed by atoms with E-state index in [-0.39, 0.29) is 72.5 Å². The third-order valence-corrected chi connectivity index (χ3v) is 7.73. The fraction of sp³-hybridized carbons (Fsp3) is 0.242. The molecule has 0 unspecified atom stereocenters. The molecule has 0 amide bonds. The maximum atomic E-state index is 14.3. The van der Waals surface area contributed by atoms with E-state index in [1.54, 1.807) is 11.0 Å². The number of ether oxygens (including phenoxy) is 3.